The molecule has 1 aliphatic rings. The molecule has 50 heavy (non-hydrogen) atoms. The summed E-state index contributed by atoms with van der Waals surface area (Å²) in [4.78, 5) is 4.99. The molecule has 0 amide bonds. The van der Waals surface area contributed by atoms with Gasteiger partial charge < -0.3 is 8.98 Å². The lowest BCUT2D eigenvalue weighted by molar-refractivity contribution is 0.619. The fourth-order valence-corrected chi connectivity index (χ4v) is 7.74. The molecule has 0 N–H and O–H groups in total. The zero-order valence-corrected chi connectivity index (χ0v) is 27.8. The number of para-hydroxylation sites is 3. The number of hydrogen-bond donors (Lipinski definition) is 0. The molecule has 0 unspecified atom stereocenters. The van der Waals surface area contributed by atoms with Crippen LogP contribution in [0.1, 0.15) is 25.3 Å². The van der Waals surface area contributed by atoms with E-state index in [4.69, 9.17) is 9.40 Å². The van der Waals surface area contributed by atoms with Crippen molar-refractivity contribution in [3.05, 3.63) is 169 Å². The Hall–Kier alpha value is -6.19. The molecule has 0 bridgehead atoms. The van der Waals surface area contributed by atoms with E-state index in [9.17, 15) is 0 Å². The standard InChI is InChI=1S/C47H34N2O/c1-47(28-29-47)41-19-11-21-44-45(41)48-46(50-44)32-24-22-31(23-25-32)35-14-5-7-16-37(35)38-17-8-6-15-36(38)33-26-27-43-40(30-33)39-18-9-10-20-42(39)49(43)34-12-3-2-4-13-34/h2-27,30H,28-29H2,1H3. The molecule has 2 heterocycles. The lowest BCUT2D eigenvalue weighted by Gasteiger charge is -2.15. The number of benzene rings is 7. The Morgan fingerprint density at radius 3 is 1.86 bits per heavy atom. The van der Waals surface area contributed by atoms with Crippen molar-refractivity contribution in [3.8, 4) is 50.5 Å². The van der Waals surface area contributed by atoms with Crippen LogP contribution in [0.15, 0.2) is 168 Å². The third-order valence-corrected chi connectivity index (χ3v) is 10.7. The van der Waals surface area contributed by atoms with E-state index in [1.807, 2.05) is 6.07 Å². The van der Waals surface area contributed by atoms with Crippen LogP contribution in [-0.2, 0) is 5.41 Å². The Bertz CT molecular complexity index is 2710. The van der Waals surface area contributed by atoms with Crippen LogP contribution < -0.4 is 0 Å². The van der Waals surface area contributed by atoms with Crippen LogP contribution in [0.25, 0.3) is 83.4 Å². The number of rotatable bonds is 6. The highest BCUT2D eigenvalue weighted by Gasteiger charge is 2.41. The smallest absolute Gasteiger partial charge is 0.227 e. The molecular weight excluding hydrogens is 609 g/mol. The number of oxazole rings is 1. The van der Waals surface area contributed by atoms with E-state index in [0.717, 1.165) is 22.2 Å². The molecule has 9 aromatic rings. The molecule has 0 atom stereocenters. The summed E-state index contributed by atoms with van der Waals surface area (Å²) in [6.45, 7) is 2.32. The first-order valence-electron chi connectivity index (χ1n) is 17.4. The normalized spacial score (nSPS) is 13.7. The summed E-state index contributed by atoms with van der Waals surface area (Å²) >= 11 is 0. The third-order valence-electron chi connectivity index (χ3n) is 10.7. The van der Waals surface area contributed by atoms with E-state index in [1.165, 1.54) is 73.7 Å². The maximum Gasteiger partial charge on any atom is 0.227 e. The first-order valence-corrected chi connectivity index (χ1v) is 17.4. The van der Waals surface area contributed by atoms with Gasteiger partial charge in [-0.15, -0.1) is 0 Å². The summed E-state index contributed by atoms with van der Waals surface area (Å²) < 4.78 is 8.66. The second-order valence-corrected chi connectivity index (χ2v) is 13.8. The van der Waals surface area contributed by atoms with Crippen LogP contribution in [-0.4, -0.2) is 9.55 Å². The topological polar surface area (TPSA) is 31.0 Å². The second kappa shape index (κ2) is 11.2. The molecule has 0 aliphatic heterocycles. The van der Waals surface area contributed by atoms with Crippen molar-refractivity contribution in [2.24, 2.45) is 0 Å². The lowest BCUT2D eigenvalue weighted by Crippen LogP contribution is -2.00. The fraction of sp³-hybridized carbons (Fsp3) is 0.0851. The van der Waals surface area contributed by atoms with Crippen LogP contribution >= 0.6 is 0 Å². The van der Waals surface area contributed by atoms with E-state index in [0.29, 0.717) is 5.89 Å². The summed E-state index contributed by atoms with van der Waals surface area (Å²) in [5, 5.41) is 2.50. The molecule has 0 radical (unpaired) electrons. The highest BCUT2D eigenvalue weighted by molar-refractivity contribution is 6.11. The Morgan fingerprint density at radius 1 is 0.520 bits per heavy atom. The average Bonchev–Trinajstić information content (AvgIpc) is 3.63. The van der Waals surface area contributed by atoms with E-state index >= 15 is 0 Å². The van der Waals surface area contributed by atoms with Crippen LogP contribution in [0.2, 0.25) is 0 Å². The van der Waals surface area contributed by atoms with Crippen LogP contribution in [0, 0.1) is 0 Å². The lowest BCUT2D eigenvalue weighted by atomic mass is 9.89. The molecule has 0 spiro atoms. The van der Waals surface area contributed by atoms with Gasteiger partial charge in [-0.1, -0.05) is 122 Å². The van der Waals surface area contributed by atoms with Gasteiger partial charge in [0.25, 0.3) is 0 Å². The summed E-state index contributed by atoms with van der Waals surface area (Å²) in [6, 6.07) is 58.7. The average molecular weight is 643 g/mol. The number of fused-ring (bicyclic) bond motifs is 4. The molecule has 1 fully saturated rings. The molecule has 3 heteroatoms. The van der Waals surface area contributed by atoms with Crippen molar-refractivity contribution in [2.45, 2.75) is 25.2 Å². The molecule has 1 aliphatic carbocycles. The molecule has 0 saturated heterocycles. The zero-order valence-electron chi connectivity index (χ0n) is 27.8. The minimum absolute atomic E-state index is 0.226. The summed E-state index contributed by atoms with van der Waals surface area (Å²) in [7, 11) is 0. The predicted molar refractivity (Wildman–Crippen MR) is 207 cm³/mol. The summed E-state index contributed by atoms with van der Waals surface area (Å²) in [5.41, 5.74) is 15.1. The van der Waals surface area contributed by atoms with Gasteiger partial charge in [0.15, 0.2) is 5.58 Å². The van der Waals surface area contributed by atoms with Gasteiger partial charge in [-0.2, -0.15) is 0 Å². The van der Waals surface area contributed by atoms with E-state index in [-0.39, 0.29) is 5.41 Å². The highest BCUT2D eigenvalue weighted by atomic mass is 16.3. The van der Waals surface area contributed by atoms with E-state index in [1.54, 1.807) is 0 Å². The number of aromatic nitrogens is 2. The van der Waals surface area contributed by atoms with E-state index < -0.39 is 0 Å². The third kappa shape index (κ3) is 4.62. The van der Waals surface area contributed by atoms with Gasteiger partial charge in [0.2, 0.25) is 5.89 Å². The molecule has 1 saturated carbocycles. The molecular formula is C47H34N2O. The Morgan fingerprint density at radius 2 is 1.12 bits per heavy atom. The van der Waals surface area contributed by atoms with Gasteiger partial charge in [0.1, 0.15) is 5.52 Å². The second-order valence-electron chi connectivity index (χ2n) is 13.8. The predicted octanol–water partition coefficient (Wildman–Crippen LogP) is 12.6. The number of nitrogens with zero attached hydrogens (tertiary/aromatic N) is 2. The van der Waals surface area contributed by atoms with Crippen molar-refractivity contribution in [3.63, 3.8) is 0 Å². The minimum atomic E-state index is 0.226. The number of hydrogen-bond acceptors (Lipinski definition) is 2. The van der Waals surface area contributed by atoms with Crippen molar-refractivity contribution in [1.29, 1.82) is 0 Å². The van der Waals surface area contributed by atoms with Crippen LogP contribution in [0.4, 0.5) is 0 Å². The summed E-state index contributed by atoms with van der Waals surface area (Å²) in [6.07, 6.45) is 2.41. The highest BCUT2D eigenvalue weighted by Crippen LogP contribution is 2.50. The first kappa shape index (κ1) is 28.8. The monoisotopic (exact) mass is 642 g/mol. The molecule has 238 valence electrons. The maximum absolute atomic E-state index is 6.29. The first-order chi connectivity index (χ1) is 24.6. The van der Waals surface area contributed by atoms with Gasteiger partial charge in [-0.3, -0.25) is 0 Å². The van der Waals surface area contributed by atoms with Crippen LogP contribution in [0.5, 0.6) is 0 Å². The van der Waals surface area contributed by atoms with Crippen molar-refractivity contribution >= 4 is 32.9 Å². The molecule has 2 aromatic heterocycles. The van der Waals surface area contributed by atoms with Crippen LogP contribution in [0.3, 0.4) is 0 Å². The van der Waals surface area contributed by atoms with Gasteiger partial charge in [0.05, 0.1) is 11.0 Å². The summed E-state index contributed by atoms with van der Waals surface area (Å²) in [5.74, 6) is 0.672. The molecule has 10 rings (SSSR count). The minimum Gasteiger partial charge on any atom is -0.436 e. The molecule has 3 nitrogen and oxygen atoms in total. The van der Waals surface area contributed by atoms with Crippen molar-refractivity contribution in [2.75, 3.05) is 0 Å². The Labute approximate surface area is 291 Å². The van der Waals surface area contributed by atoms with Gasteiger partial charge in [-0.05, 0) is 106 Å². The SMILES string of the molecule is CC1(c2cccc3oc(-c4ccc(-c5ccccc5-c5ccccc5-c5ccc6c(c5)c5ccccc5n6-c5ccccc5)cc4)nc23)CC1. The van der Waals surface area contributed by atoms with Gasteiger partial charge in [0, 0.05) is 22.0 Å². The van der Waals surface area contributed by atoms with Gasteiger partial charge >= 0.3 is 0 Å². The molecule has 7 aromatic carbocycles. The van der Waals surface area contributed by atoms with Gasteiger partial charge in [-0.25, -0.2) is 4.98 Å². The van der Waals surface area contributed by atoms with Crippen molar-refractivity contribution < 1.29 is 4.42 Å². The van der Waals surface area contributed by atoms with Crippen molar-refractivity contribution in [1.82, 2.24) is 9.55 Å². The maximum atomic E-state index is 6.29. The Kier molecular flexibility index (Phi) is 6.44. The fourth-order valence-electron chi connectivity index (χ4n) is 7.74. The zero-order chi connectivity index (χ0) is 33.2. The quantitative estimate of drug-likeness (QED) is 0.181. The Balaban J connectivity index is 1.05. The largest absolute Gasteiger partial charge is 0.436 e. The van der Waals surface area contributed by atoms with E-state index in [2.05, 4.69) is 169 Å².